The van der Waals surface area contributed by atoms with Crippen LogP contribution in [0.25, 0.3) is 44.3 Å². The number of nitrogens with zero attached hydrogens (tertiary/aromatic N) is 7. The second-order valence-electron chi connectivity index (χ2n) is 30.9. The Labute approximate surface area is 505 Å². The number of Topliss-reactive ketones (excluding diaryl/α,β-unsaturated/α-hetero) is 1. The molecule has 0 spiro atoms. The molecule has 8 aliphatic carbocycles. The SMILES string of the molecule is COC(=O)CC[C@@H](C)C1CC[C@H]2[C@@H]3CC[C@@H]4C[C@](O)(Cn5cc(-c6ccc7c8ccc(-c9cn(CC(=O)O[C@@H]%10CCC%11(C)C%12CCC%13(C)C([C@H](C)CCC(C)=O)CC[C@H]%13[C@@H]%12CC[C@@H]%11C%10)nn9)cc8n(CCN)c7c6)nn5)CCC4(C)C3CCC12C. The van der Waals surface area contributed by atoms with Gasteiger partial charge in [0.1, 0.15) is 29.8 Å². The number of fused-ring (bicyclic) bond motifs is 13. The molecule has 3 aromatic heterocycles. The Morgan fingerprint density at radius 1 is 0.647 bits per heavy atom. The first-order valence-electron chi connectivity index (χ1n) is 33.8. The molecule has 13 rings (SSSR count). The molecule has 18 atom stereocenters. The number of benzene rings is 2. The Morgan fingerprint density at radius 3 is 1.78 bits per heavy atom. The third kappa shape index (κ3) is 10.3. The summed E-state index contributed by atoms with van der Waals surface area (Å²) < 4.78 is 17.1. The fourth-order valence-corrected chi connectivity index (χ4v) is 22.5. The predicted octanol–water partition coefficient (Wildman–Crippen LogP) is 13.8. The Morgan fingerprint density at radius 2 is 1.19 bits per heavy atom. The maximum atomic E-state index is 13.7. The van der Waals surface area contributed by atoms with E-state index in [0.29, 0.717) is 89.3 Å². The third-order valence-corrected chi connectivity index (χ3v) is 26.9. The van der Waals surface area contributed by atoms with Crippen LogP contribution in [-0.2, 0) is 43.5 Å². The van der Waals surface area contributed by atoms with Crippen molar-refractivity contribution in [2.24, 2.45) is 98.4 Å². The number of aromatic nitrogens is 7. The zero-order valence-electron chi connectivity index (χ0n) is 52.7. The van der Waals surface area contributed by atoms with Crippen LogP contribution in [0.4, 0.5) is 0 Å². The molecule has 0 aliphatic heterocycles. The molecule has 8 fully saturated rings. The quantitative estimate of drug-likeness (QED) is 0.0845. The summed E-state index contributed by atoms with van der Waals surface area (Å²) in [6.07, 6.45) is 28.1. The minimum atomic E-state index is -0.835. The molecular formula is C71H100N8O6. The largest absolute Gasteiger partial charge is 0.469 e. The Bertz CT molecular complexity index is 3310. The highest BCUT2D eigenvalue weighted by molar-refractivity contribution is 6.10. The molecule has 460 valence electrons. The van der Waals surface area contributed by atoms with E-state index in [1.54, 1.807) is 11.6 Å². The van der Waals surface area contributed by atoms with Crippen molar-refractivity contribution in [3.8, 4) is 22.5 Å². The number of ketones is 1. The molecule has 3 heterocycles. The van der Waals surface area contributed by atoms with E-state index in [4.69, 9.17) is 20.3 Å². The van der Waals surface area contributed by atoms with E-state index in [-0.39, 0.29) is 30.0 Å². The normalized spacial score (nSPS) is 37.5. The molecule has 3 N–H and O–H groups in total. The summed E-state index contributed by atoms with van der Waals surface area (Å²) in [6.45, 7) is 18.5. The van der Waals surface area contributed by atoms with E-state index in [1.165, 1.54) is 84.2 Å². The number of hydrogen-bond donors (Lipinski definition) is 2. The van der Waals surface area contributed by atoms with Crippen molar-refractivity contribution in [1.29, 1.82) is 0 Å². The molecule has 0 bridgehead atoms. The first kappa shape index (κ1) is 59.0. The minimum absolute atomic E-state index is 0.0233. The van der Waals surface area contributed by atoms with Gasteiger partial charge in [-0.2, -0.15) is 0 Å². The summed E-state index contributed by atoms with van der Waals surface area (Å²) in [6, 6.07) is 12.9. The highest BCUT2D eigenvalue weighted by Crippen LogP contribution is 2.71. The standard InChI is InChI=1S/C71H100N8O6/c1-43(9-11-45(3)80)55-20-22-57-53-18-14-48-37-50(25-28-67(48,4)59(53)26-29-69(55,57)6)85-66(82)41-77-39-61(73-75-77)46-12-16-51-52-17-13-47(36-64(52)79(34-33-72)63(51)35-46)62-40-78(76-74-62)42-71(83)32-31-68(5)49(38-71)15-19-54-58-23-21-56(44(2)10-24-65(81)84-8)70(58,7)30-27-60(54)68/h12-13,16-17,35-36,39-40,43-44,48-50,53-60,83H,9-11,14-15,18-34,37-38,41-42,72H2,1-8H3/t43-,44-,48-,49-,50-,53+,54+,55?,56?,57+,58+,59?,60?,67?,68?,69?,70?,71+/m1/s1. The van der Waals surface area contributed by atoms with Gasteiger partial charge in [0, 0.05) is 58.9 Å². The number of nitrogens with two attached hydrogens (primary N) is 1. The lowest BCUT2D eigenvalue weighted by Crippen LogP contribution is -2.56. The zero-order valence-corrected chi connectivity index (χ0v) is 52.7. The Balaban J connectivity index is 0.628. The lowest BCUT2D eigenvalue weighted by molar-refractivity contribution is -0.163. The summed E-state index contributed by atoms with van der Waals surface area (Å²) in [5, 5.41) is 33.0. The van der Waals surface area contributed by atoms with Crippen LogP contribution in [0, 0.1) is 92.7 Å². The topological polar surface area (TPSA) is 182 Å². The van der Waals surface area contributed by atoms with Crippen molar-refractivity contribution < 1.29 is 29.0 Å². The predicted molar refractivity (Wildman–Crippen MR) is 331 cm³/mol. The number of ether oxygens (including phenoxy) is 2. The number of hydrogen-bond acceptors (Lipinski definition) is 11. The molecule has 2 aromatic carbocycles. The summed E-state index contributed by atoms with van der Waals surface area (Å²) in [4.78, 5) is 37.6. The second kappa shape index (κ2) is 22.6. The van der Waals surface area contributed by atoms with Crippen LogP contribution in [0.15, 0.2) is 48.8 Å². The highest BCUT2D eigenvalue weighted by atomic mass is 16.5. The van der Waals surface area contributed by atoms with Gasteiger partial charge in [-0.1, -0.05) is 76.2 Å². The number of carbonyl (C=O) groups is 3. The van der Waals surface area contributed by atoms with Crippen molar-refractivity contribution in [2.45, 2.75) is 221 Å². The van der Waals surface area contributed by atoms with Gasteiger partial charge >= 0.3 is 11.9 Å². The zero-order chi connectivity index (χ0) is 59.4. The molecule has 14 nitrogen and oxygen atoms in total. The maximum Gasteiger partial charge on any atom is 0.328 e. The molecule has 8 aliphatic rings. The van der Waals surface area contributed by atoms with Crippen LogP contribution in [0.1, 0.15) is 190 Å². The highest BCUT2D eigenvalue weighted by Gasteiger charge is 2.63. The van der Waals surface area contributed by atoms with Gasteiger partial charge in [-0.05, 0) is 240 Å². The van der Waals surface area contributed by atoms with E-state index in [2.05, 4.69) is 98.0 Å². The van der Waals surface area contributed by atoms with E-state index in [1.807, 2.05) is 17.1 Å². The van der Waals surface area contributed by atoms with Crippen LogP contribution >= 0.6 is 0 Å². The average Bonchev–Trinajstić information content (AvgIpc) is 1.85. The van der Waals surface area contributed by atoms with E-state index < -0.39 is 5.60 Å². The number of rotatable bonds is 17. The van der Waals surface area contributed by atoms with Gasteiger partial charge in [0.15, 0.2) is 0 Å². The fourth-order valence-electron chi connectivity index (χ4n) is 22.5. The second-order valence-corrected chi connectivity index (χ2v) is 30.9. The summed E-state index contributed by atoms with van der Waals surface area (Å²) in [5.41, 5.74) is 12.2. The number of esters is 2. The van der Waals surface area contributed by atoms with Crippen LogP contribution < -0.4 is 5.73 Å². The van der Waals surface area contributed by atoms with Crippen LogP contribution in [-0.4, -0.2) is 82.7 Å². The first-order valence-corrected chi connectivity index (χ1v) is 33.8. The minimum Gasteiger partial charge on any atom is -0.469 e. The number of aliphatic hydroxyl groups is 1. The Kier molecular flexibility index (Phi) is 15.7. The molecule has 8 unspecified atom stereocenters. The molecule has 8 saturated carbocycles. The number of methoxy groups -OCH3 is 1. The first-order chi connectivity index (χ1) is 40.7. The van der Waals surface area contributed by atoms with E-state index >= 15 is 0 Å². The van der Waals surface area contributed by atoms with Crippen LogP contribution in [0.2, 0.25) is 0 Å². The molecule has 0 amide bonds. The molecule has 5 aromatic rings. The summed E-state index contributed by atoms with van der Waals surface area (Å²) in [5.74, 6) is 8.14. The Hall–Kier alpha value is -4.95. The average molecular weight is 1160 g/mol. The fraction of sp³-hybridized carbons (Fsp3) is 0.732. The van der Waals surface area contributed by atoms with Crippen molar-refractivity contribution in [3.63, 3.8) is 0 Å². The number of carbonyl (C=O) groups excluding carboxylic acids is 3. The van der Waals surface area contributed by atoms with Crippen molar-refractivity contribution in [2.75, 3.05) is 13.7 Å². The van der Waals surface area contributed by atoms with Gasteiger partial charge in [0.05, 0.1) is 31.6 Å². The van der Waals surface area contributed by atoms with Crippen LogP contribution in [0.5, 0.6) is 0 Å². The summed E-state index contributed by atoms with van der Waals surface area (Å²) in [7, 11) is 1.50. The molecule has 0 radical (unpaired) electrons. The lowest BCUT2D eigenvalue weighted by Gasteiger charge is -2.62. The molecular weight excluding hydrogens is 1060 g/mol. The monoisotopic (exact) mass is 1160 g/mol. The van der Waals surface area contributed by atoms with Crippen molar-refractivity contribution >= 4 is 39.5 Å². The third-order valence-electron chi connectivity index (χ3n) is 26.9. The molecule has 85 heavy (non-hydrogen) atoms. The van der Waals surface area contributed by atoms with E-state index in [0.717, 1.165) is 132 Å². The van der Waals surface area contributed by atoms with Gasteiger partial charge in [-0.3, -0.25) is 9.59 Å². The van der Waals surface area contributed by atoms with Crippen LogP contribution in [0.3, 0.4) is 0 Å². The van der Waals surface area contributed by atoms with Gasteiger partial charge in [0.2, 0.25) is 0 Å². The van der Waals surface area contributed by atoms with Crippen molar-refractivity contribution in [1.82, 2.24) is 34.6 Å². The smallest absolute Gasteiger partial charge is 0.328 e. The van der Waals surface area contributed by atoms with E-state index in [9.17, 15) is 19.5 Å². The van der Waals surface area contributed by atoms with Gasteiger partial charge < -0.3 is 29.7 Å². The molecule has 14 heteroatoms. The van der Waals surface area contributed by atoms with Gasteiger partial charge in [0.25, 0.3) is 0 Å². The van der Waals surface area contributed by atoms with Gasteiger partial charge in [-0.25, -0.2) is 9.36 Å². The summed E-state index contributed by atoms with van der Waals surface area (Å²) >= 11 is 0. The van der Waals surface area contributed by atoms with Crippen molar-refractivity contribution in [3.05, 3.63) is 48.8 Å². The maximum absolute atomic E-state index is 13.7. The molecule has 0 saturated heterocycles. The van der Waals surface area contributed by atoms with Gasteiger partial charge in [-0.15, -0.1) is 10.2 Å². The lowest BCUT2D eigenvalue weighted by atomic mass is 9.43.